The molecule has 5 rings (SSSR count). The van der Waals surface area contributed by atoms with Gasteiger partial charge in [-0.15, -0.1) is 0 Å². The van der Waals surface area contributed by atoms with Gasteiger partial charge in [-0.05, 0) is 38.8 Å². The third-order valence-electron chi connectivity index (χ3n) is 6.69. The number of nitrogens with zero attached hydrogens (tertiary/aromatic N) is 4. The van der Waals surface area contributed by atoms with Crippen molar-refractivity contribution in [3.05, 3.63) is 52.0 Å². The fourth-order valence-corrected chi connectivity index (χ4v) is 4.89. The molecule has 0 aromatic carbocycles. The van der Waals surface area contributed by atoms with E-state index in [-0.39, 0.29) is 59.7 Å². The molecule has 2 aliphatic heterocycles. The van der Waals surface area contributed by atoms with E-state index in [9.17, 15) is 19.2 Å². The van der Waals surface area contributed by atoms with Crippen molar-refractivity contribution in [2.45, 2.75) is 39.3 Å². The van der Waals surface area contributed by atoms with E-state index in [0.29, 0.717) is 30.4 Å². The van der Waals surface area contributed by atoms with Crippen molar-refractivity contribution >= 4 is 28.8 Å². The first-order valence-electron chi connectivity index (χ1n) is 10.7. The minimum absolute atomic E-state index is 0.0930. The highest BCUT2D eigenvalue weighted by atomic mass is 16.2. The number of hydrogen-bond acceptors (Lipinski definition) is 5. The highest BCUT2D eigenvalue weighted by molar-refractivity contribution is 6.06. The van der Waals surface area contributed by atoms with E-state index in [2.05, 4.69) is 4.98 Å². The summed E-state index contributed by atoms with van der Waals surface area (Å²) in [5.41, 5.74) is 1.12. The molecular formula is C23H24N4O4. The van der Waals surface area contributed by atoms with Crippen LogP contribution in [0.1, 0.15) is 35.8 Å². The van der Waals surface area contributed by atoms with Gasteiger partial charge in [-0.1, -0.05) is 12.2 Å². The summed E-state index contributed by atoms with van der Waals surface area (Å²) < 4.78 is 1.81. The number of amides is 3. The van der Waals surface area contributed by atoms with Gasteiger partial charge in [-0.25, -0.2) is 4.98 Å². The van der Waals surface area contributed by atoms with Crippen LogP contribution in [0.4, 0.5) is 0 Å². The second-order valence-corrected chi connectivity index (χ2v) is 8.55. The van der Waals surface area contributed by atoms with Crippen LogP contribution in [-0.2, 0) is 16.1 Å². The third-order valence-corrected chi connectivity index (χ3v) is 6.69. The Balaban J connectivity index is 1.37. The fourth-order valence-electron chi connectivity index (χ4n) is 4.89. The summed E-state index contributed by atoms with van der Waals surface area (Å²) in [6, 6.07) is 3.16. The van der Waals surface area contributed by atoms with Gasteiger partial charge in [0.1, 0.15) is 11.2 Å². The lowest BCUT2D eigenvalue weighted by Crippen LogP contribution is -2.63. The Bertz CT molecular complexity index is 1180. The SMILES string of the molecule is CCn1cc(C(=O)N2CC(N3C(=O)C4CC=CCC4C3=O)C2)c(=O)c2ccc(C)nc21. The zero-order valence-corrected chi connectivity index (χ0v) is 17.6. The molecule has 0 N–H and O–H groups in total. The van der Waals surface area contributed by atoms with Crippen LogP contribution < -0.4 is 5.43 Å². The monoisotopic (exact) mass is 420 g/mol. The average molecular weight is 420 g/mol. The van der Waals surface area contributed by atoms with Crippen LogP contribution in [0.5, 0.6) is 0 Å². The Labute approximate surface area is 179 Å². The molecule has 0 bridgehead atoms. The molecule has 8 heteroatoms. The van der Waals surface area contributed by atoms with E-state index in [1.54, 1.807) is 22.9 Å². The van der Waals surface area contributed by atoms with Gasteiger partial charge in [0, 0.05) is 31.5 Å². The Morgan fingerprint density at radius 3 is 2.32 bits per heavy atom. The first-order chi connectivity index (χ1) is 14.9. The van der Waals surface area contributed by atoms with E-state index in [1.807, 2.05) is 26.0 Å². The number of imide groups is 1. The van der Waals surface area contributed by atoms with Crippen molar-refractivity contribution in [2.75, 3.05) is 13.1 Å². The Morgan fingerprint density at radius 2 is 1.71 bits per heavy atom. The van der Waals surface area contributed by atoms with E-state index >= 15 is 0 Å². The molecule has 0 spiro atoms. The molecule has 3 amide bonds. The minimum atomic E-state index is -0.371. The van der Waals surface area contributed by atoms with Gasteiger partial charge in [0.05, 0.1) is 23.3 Å². The summed E-state index contributed by atoms with van der Waals surface area (Å²) in [4.78, 5) is 58.9. The highest BCUT2D eigenvalue weighted by Crippen LogP contribution is 2.37. The molecule has 2 unspecified atom stereocenters. The van der Waals surface area contributed by atoms with Crippen LogP contribution in [0, 0.1) is 18.8 Å². The first-order valence-corrected chi connectivity index (χ1v) is 10.7. The fraction of sp³-hybridized carbons (Fsp3) is 0.435. The molecule has 1 aliphatic carbocycles. The maximum atomic E-state index is 13.1. The summed E-state index contributed by atoms with van der Waals surface area (Å²) in [5, 5.41) is 0.414. The lowest BCUT2D eigenvalue weighted by atomic mass is 9.85. The van der Waals surface area contributed by atoms with Crippen LogP contribution in [0.3, 0.4) is 0 Å². The predicted molar refractivity (Wildman–Crippen MR) is 113 cm³/mol. The van der Waals surface area contributed by atoms with Crippen molar-refractivity contribution in [3.63, 3.8) is 0 Å². The molecule has 2 fully saturated rings. The Kier molecular flexibility index (Phi) is 4.53. The topological polar surface area (TPSA) is 92.6 Å². The standard InChI is InChI=1S/C23H24N4O4/c1-3-25-12-18(19(28)17-9-8-13(2)24-20(17)25)21(29)26-10-14(11-26)27-22(30)15-6-4-5-7-16(15)23(27)31/h4-5,8-9,12,14-16H,3,6-7,10-11H2,1-2H3. The Morgan fingerprint density at radius 1 is 1.06 bits per heavy atom. The van der Waals surface area contributed by atoms with Crippen molar-refractivity contribution in [2.24, 2.45) is 11.8 Å². The predicted octanol–water partition coefficient (Wildman–Crippen LogP) is 1.50. The normalized spacial score (nSPS) is 23.4. The second-order valence-electron chi connectivity index (χ2n) is 8.55. The van der Waals surface area contributed by atoms with Gasteiger partial charge < -0.3 is 9.47 Å². The van der Waals surface area contributed by atoms with Gasteiger partial charge in [-0.2, -0.15) is 0 Å². The van der Waals surface area contributed by atoms with E-state index in [4.69, 9.17) is 0 Å². The number of carbonyl (C=O) groups is 3. The maximum Gasteiger partial charge on any atom is 0.259 e. The number of fused-ring (bicyclic) bond motifs is 2. The highest BCUT2D eigenvalue weighted by Gasteiger charge is 2.52. The number of hydrogen-bond donors (Lipinski definition) is 0. The third kappa shape index (κ3) is 2.92. The zero-order valence-electron chi connectivity index (χ0n) is 17.6. The van der Waals surface area contributed by atoms with Crippen LogP contribution in [0.25, 0.3) is 11.0 Å². The second kappa shape index (κ2) is 7.14. The van der Waals surface area contributed by atoms with Gasteiger partial charge in [0.25, 0.3) is 5.91 Å². The summed E-state index contributed by atoms with van der Waals surface area (Å²) in [5.74, 6) is -1.16. The number of likely N-dealkylation sites (tertiary alicyclic amines) is 2. The molecule has 8 nitrogen and oxygen atoms in total. The van der Waals surface area contributed by atoms with Crippen molar-refractivity contribution in [1.82, 2.24) is 19.4 Å². The molecule has 2 aromatic heterocycles. The largest absolute Gasteiger partial charge is 0.334 e. The lowest BCUT2D eigenvalue weighted by molar-refractivity contribution is -0.145. The quantitative estimate of drug-likeness (QED) is 0.554. The number of pyridine rings is 2. The molecule has 2 aromatic rings. The van der Waals surface area contributed by atoms with Gasteiger partial charge in [-0.3, -0.25) is 24.1 Å². The molecule has 31 heavy (non-hydrogen) atoms. The molecule has 160 valence electrons. The summed E-state index contributed by atoms with van der Waals surface area (Å²) in [6.07, 6.45) is 6.69. The summed E-state index contributed by atoms with van der Waals surface area (Å²) in [7, 11) is 0. The van der Waals surface area contributed by atoms with Crippen molar-refractivity contribution in [3.8, 4) is 0 Å². The Hall–Kier alpha value is -3.29. The average Bonchev–Trinajstić information content (AvgIpc) is 2.98. The minimum Gasteiger partial charge on any atom is -0.334 e. The van der Waals surface area contributed by atoms with Crippen LogP contribution in [-0.4, -0.2) is 56.2 Å². The van der Waals surface area contributed by atoms with E-state index < -0.39 is 0 Å². The molecule has 4 heterocycles. The van der Waals surface area contributed by atoms with Crippen LogP contribution in [0.15, 0.2) is 35.3 Å². The molecule has 2 atom stereocenters. The summed E-state index contributed by atoms with van der Waals surface area (Å²) in [6.45, 7) is 4.89. The number of rotatable bonds is 3. The molecular weight excluding hydrogens is 396 g/mol. The number of carbonyl (C=O) groups excluding carboxylic acids is 3. The maximum absolute atomic E-state index is 13.1. The molecule has 0 saturated carbocycles. The molecule has 3 aliphatic rings. The van der Waals surface area contributed by atoms with Crippen molar-refractivity contribution in [1.29, 1.82) is 0 Å². The molecule has 0 radical (unpaired) electrons. The van der Waals surface area contributed by atoms with Crippen LogP contribution >= 0.6 is 0 Å². The number of aromatic nitrogens is 2. The van der Waals surface area contributed by atoms with E-state index in [0.717, 1.165) is 5.69 Å². The van der Waals surface area contributed by atoms with Crippen LogP contribution in [0.2, 0.25) is 0 Å². The van der Waals surface area contributed by atoms with Gasteiger partial charge in [0.2, 0.25) is 17.2 Å². The summed E-state index contributed by atoms with van der Waals surface area (Å²) >= 11 is 0. The zero-order chi connectivity index (χ0) is 21.9. The number of allylic oxidation sites excluding steroid dienone is 2. The molecule has 2 saturated heterocycles. The number of aryl methyl sites for hydroxylation is 2. The van der Waals surface area contributed by atoms with Crippen molar-refractivity contribution < 1.29 is 14.4 Å². The smallest absolute Gasteiger partial charge is 0.259 e. The first kappa shape index (κ1) is 19.7. The van der Waals surface area contributed by atoms with E-state index in [1.165, 1.54) is 9.80 Å². The van der Waals surface area contributed by atoms with Gasteiger partial charge in [0.15, 0.2) is 0 Å². The van der Waals surface area contributed by atoms with Gasteiger partial charge >= 0.3 is 0 Å². The lowest BCUT2D eigenvalue weighted by Gasteiger charge is -2.43.